The molecule has 3 nitrogen and oxygen atoms in total. The maximum Gasteiger partial charge on any atom is 0.176 e. The third kappa shape index (κ3) is 2.02. The van der Waals surface area contributed by atoms with Crippen LogP contribution in [-0.2, 0) is 6.61 Å². The molecule has 20 heavy (non-hydrogen) atoms. The smallest absolute Gasteiger partial charge is 0.176 e. The highest BCUT2D eigenvalue weighted by Gasteiger charge is 2.12. The van der Waals surface area contributed by atoms with Gasteiger partial charge in [-0.15, -0.1) is 0 Å². The summed E-state index contributed by atoms with van der Waals surface area (Å²) in [5.74, 6) is 0.0458. The zero-order valence-corrected chi connectivity index (χ0v) is 11.2. The van der Waals surface area contributed by atoms with Gasteiger partial charge in [-0.25, -0.2) is 0 Å². The summed E-state index contributed by atoms with van der Waals surface area (Å²) in [7, 11) is 0. The highest BCUT2D eigenvalue weighted by atomic mass is 16.3. The lowest BCUT2D eigenvalue weighted by molar-refractivity contribution is 0.101. The minimum atomic E-state index is 0.0372. The van der Waals surface area contributed by atoms with Gasteiger partial charge in [0, 0.05) is 18.7 Å². The van der Waals surface area contributed by atoms with Gasteiger partial charge in [0.1, 0.15) is 0 Å². The molecule has 3 heteroatoms. The van der Waals surface area contributed by atoms with E-state index in [1.807, 2.05) is 59.1 Å². The minimum absolute atomic E-state index is 0.0372. The number of benzene rings is 1. The first-order valence-electron chi connectivity index (χ1n) is 6.52. The lowest BCUT2D eigenvalue weighted by Gasteiger charge is -2.02. The van der Waals surface area contributed by atoms with Crippen molar-refractivity contribution in [3.63, 3.8) is 0 Å². The van der Waals surface area contributed by atoms with Crippen molar-refractivity contribution in [2.45, 2.75) is 13.5 Å². The topological polar surface area (TPSA) is 41.7 Å². The van der Waals surface area contributed by atoms with Crippen LogP contribution in [0.4, 0.5) is 0 Å². The quantitative estimate of drug-likeness (QED) is 0.738. The Morgan fingerprint density at radius 1 is 1.15 bits per heavy atom. The molecule has 0 saturated carbocycles. The van der Waals surface area contributed by atoms with E-state index < -0.39 is 0 Å². The van der Waals surface area contributed by atoms with E-state index in [4.69, 9.17) is 5.11 Å². The number of ketones is 1. The Kier molecular flexibility index (Phi) is 3.12. The summed E-state index contributed by atoms with van der Waals surface area (Å²) >= 11 is 0. The van der Waals surface area contributed by atoms with Gasteiger partial charge >= 0.3 is 0 Å². The van der Waals surface area contributed by atoms with Crippen LogP contribution in [0.1, 0.15) is 23.0 Å². The van der Waals surface area contributed by atoms with Crippen molar-refractivity contribution in [1.82, 2.24) is 4.40 Å². The van der Waals surface area contributed by atoms with Crippen LogP contribution in [0.2, 0.25) is 0 Å². The van der Waals surface area contributed by atoms with E-state index >= 15 is 0 Å². The normalized spacial score (nSPS) is 10.9. The van der Waals surface area contributed by atoms with E-state index in [-0.39, 0.29) is 12.4 Å². The Morgan fingerprint density at radius 2 is 1.90 bits per heavy atom. The summed E-state index contributed by atoms with van der Waals surface area (Å²) in [6.07, 6.45) is 1.90. The van der Waals surface area contributed by atoms with Crippen LogP contribution >= 0.6 is 0 Å². The van der Waals surface area contributed by atoms with Crippen LogP contribution in [0, 0.1) is 0 Å². The number of carbonyl (C=O) groups is 1. The molecule has 0 bridgehead atoms. The van der Waals surface area contributed by atoms with Gasteiger partial charge in [-0.3, -0.25) is 4.79 Å². The first kappa shape index (κ1) is 12.6. The molecule has 0 unspecified atom stereocenters. The van der Waals surface area contributed by atoms with Crippen molar-refractivity contribution in [1.29, 1.82) is 0 Å². The SMILES string of the molecule is CC(=O)c1cc(-c2ccc(CO)cc2)c2ccccn12. The van der Waals surface area contributed by atoms with E-state index in [9.17, 15) is 4.79 Å². The van der Waals surface area contributed by atoms with Crippen LogP contribution < -0.4 is 0 Å². The van der Waals surface area contributed by atoms with Gasteiger partial charge in [0.25, 0.3) is 0 Å². The second-order valence-corrected chi connectivity index (χ2v) is 4.81. The van der Waals surface area contributed by atoms with Gasteiger partial charge in [0.05, 0.1) is 17.8 Å². The molecule has 0 saturated heterocycles. The monoisotopic (exact) mass is 265 g/mol. The fourth-order valence-electron chi connectivity index (χ4n) is 2.45. The number of aliphatic hydroxyl groups is 1. The third-order valence-electron chi connectivity index (χ3n) is 3.48. The standard InChI is InChI=1S/C17H15NO2/c1-12(20)17-10-15(16-4-2-3-9-18(16)17)14-7-5-13(11-19)6-8-14/h2-10,19H,11H2,1H3. The lowest BCUT2D eigenvalue weighted by atomic mass is 10.0. The number of aromatic nitrogens is 1. The van der Waals surface area contributed by atoms with Crippen LogP contribution in [-0.4, -0.2) is 15.3 Å². The zero-order chi connectivity index (χ0) is 14.1. The molecule has 0 aliphatic rings. The fourth-order valence-corrected chi connectivity index (χ4v) is 2.45. The van der Waals surface area contributed by atoms with Crippen LogP contribution in [0.5, 0.6) is 0 Å². The Bertz CT molecular complexity index is 769. The second-order valence-electron chi connectivity index (χ2n) is 4.81. The molecule has 3 aromatic rings. The lowest BCUT2D eigenvalue weighted by Crippen LogP contribution is -1.96. The number of nitrogens with zero attached hydrogens (tertiary/aromatic N) is 1. The number of Topliss-reactive ketones (excluding diaryl/α,β-unsaturated/α-hetero) is 1. The van der Waals surface area contributed by atoms with Gasteiger partial charge in [-0.05, 0) is 29.3 Å². The number of rotatable bonds is 3. The molecule has 0 fully saturated rings. The summed E-state index contributed by atoms with van der Waals surface area (Å²) in [5.41, 5.74) is 4.64. The van der Waals surface area contributed by atoms with E-state index in [2.05, 4.69) is 0 Å². The fraction of sp³-hybridized carbons (Fsp3) is 0.118. The predicted molar refractivity (Wildman–Crippen MR) is 78.8 cm³/mol. The van der Waals surface area contributed by atoms with E-state index in [0.29, 0.717) is 5.69 Å². The summed E-state index contributed by atoms with van der Waals surface area (Å²) in [4.78, 5) is 11.8. The molecular formula is C17H15NO2. The average Bonchev–Trinajstić information content (AvgIpc) is 2.87. The maximum atomic E-state index is 11.8. The molecule has 0 aliphatic heterocycles. The van der Waals surface area contributed by atoms with Crippen molar-refractivity contribution in [3.05, 3.63) is 66.0 Å². The van der Waals surface area contributed by atoms with Gasteiger partial charge < -0.3 is 9.51 Å². The highest BCUT2D eigenvalue weighted by molar-refractivity contribution is 5.98. The second kappa shape index (κ2) is 4.94. The number of fused-ring (bicyclic) bond motifs is 1. The van der Waals surface area contributed by atoms with Gasteiger partial charge in [0.2, 0.25) is 0 Å². The molecule has 1 N–H and O–H groups in total. The first-order valence-corrected chi connectivity index (χ1v) is 6.52. The van der Waals surface area contributed by atoms with Crippen molar-refractivity contribution < 1.29 is 9.90 Å². The molecule has 0 radical (unpaired) electrons. The Labute approximate surface area is 117 Å². The summed E-state index contributed by atoms with van der Waals surface area (Å²) < 4.78 is 1.91. The van der Waals surface area contributed by atoms with Crippen molar-refractivity contribution >= 4 is 11.3 Å². The first-order chi connectivity index (χ1) is 9.70. The highest BCUT2D eigenvalue weighted by Crippen LogP contribution is 2.28. The Balaban J connectivity index is 2.22. The molecule has 2 aromatic heterocycles. The number of hydrogen-bond donors (Lipinski definition) is 1. The van der Waals surface area contributed by atoms with Crippen LogP contribution in [0.15, 0.2) is 54.7 Å². The van der Waals surface area contributed by atoms with Crippen LogP contribution in [0.25, 0.3) is 16.6 Å². The Hall–Kier alpha value is -2.39. The van der Waals surface area contributed by atoms with Crippen molar-refractivity contribution in [3.8, 4) is 11.1 Å². The van der Waals surface area contributed by atoms with Gasteiger partial charge in [-0.1, -0.05) is 30.3 Å². The average molecular weight is 265 g/mol. The number of hydrogen-bond acceptors (Lipinski definition) is 2. The van der Waals surface area contributed by atoms with E-state index in [0.717, 1.165) is 22.2 Å². The van der Waals surface area contributed by atoms with E-state index in [1.54, 1.807) is 6.92 Å². The van der Waals surface area contributed by atoms with Gasteiger partial charge in [-0.2, -0.15) is 0 Å². The molecular weight excluding hydrogens is 250 g/mol. The zero-order valence-electron chi connectivity index (χ0n) is 11.2. The number of carbonyl (C=O) groups excluding carboxylic acids is 1. The summed E-state index contributed by atoms with van der Waals surface area (Å²) in [6.45, 7) is 1.61. The largest absolute Gasteiger partial charge is 0.392 e. The number of aliphatic hydroxyl groups excluding tert-OH is 1. The molecule has 0 aliphatic carbocycles. The molecule has 0 spiro atoms. The van der Waals surface area contributed by atoms with Crippen molar-refractivity contribution in [2.24, 2.45) is 0 Å². The van der Waals surface area contributed by atoms with Crippen LogP contribution in [0.3, 0.4) is 0 Å². The predicted octanol–water partition coefficient (Wildman–Crippen LogP) is 3.30. The van der Waals surface area contributed by atoms with Gasteiger partial charge in [0.15, 0.2) is 5.78 Å². The summed E-state index contributed by atoms with van der Waals surface area (Å²) in [6, 6.07) is 15.5. The molecule has 1 aromatic carbocycles. The molecule has 2 heterocycles. The number of pyridine rings is 1. The third-order valence-corrected chi connectivity index (χ3v) is 3.48. The van der Waals surface area contributed by atoms with E-state index in [1.165, 1.54) is 0 Å². The van der Waals surface area contributed by atoms with Crippen molar-refractivity contribution in [2.75, 3.05) is 0 Å². The molecule has 100 valence electrons. The molecule has 0 atom stereocenters. The minimum Gasteiger partial charge on any atom is -0.392 e. The maximum absolute atomic E-state index is 11.8. The Morgan fingerprint density at radius 3 is 2.55 bits per heavy atom. The molecule has 3 rings (SSSR count). The molecule has 0 amide bonds. The summed E-state index contributed by atoms with van der Waals surface area (Å²) in [5, 5.41) is 9.10.